The Labute approximate surface area is 148 Å². The van der Waals surface area contributed by atoms with Gasteiger partial charge in [0, 0.05) is 0 Å². The van der Waals surface area contributed by atoms with Crippen LogP contribution in [0.3, 0.4) is 0 Å². The number of ether oxygens (including phenoxy) is 1. The highest BCUT2D eigenvalue weighted by atomic mass is 19.1. The molecule has 136 valence electrons. The molecule has 1 aliphatic rings. The average Bonchev–Trinajstić information content (AvgIpc) is 3.01. The number of carbonyl (C=O) groups excluding carboxylic acids is 1. The lowest BCUT2D eigenvalue weighted by Gasteiger charge is -2.19. The molecule has 26 heavy (non-hydrogen) atoms. The summed E-state index contributed by atoms with van der Waals surface area (Å²) < 4.78 is 18.2. The van der Waals surface area contributed by atoms with Gasteiger partial charge in [-0.15, -0.1) is 0 Å². The second-order valence-electron chi connectivity index (χ2n) is 5.89. The normalized spacial score (nSPS) is 14.9. The number of rotatable bonds is 5. The van der Waals surface area contributed by atoms with E-state index in [0.29, 0.717) is 24.7 Å². The van der Waals surface area contributed by atoms with Crippen LogP contribution in [0.1, 0.15) is 34.7 Å². The molecule has 1 aliphatic heterocycles. The minimum atomic E-state index is -1.34. The van der Waals surface area contributed by atoms with Crippen LogP contribution in [0, 0.1) is 12.9 Å². The molecule has 1 unspecified atom stereocenters. The number of cyclic esters (lactones) is 1. The number of carboxylic acids is 1. The standard InChI is InChI=1S/C17H17FN4O4/c1-9-7-12(20-14(8-9)22-5-6-26-17(22)25)10(2)19-11-3-4-13(18)21-15(11)16(23)24/h3-4,7-8,10,19H,5-6H2,1-2H3,(H,23,24). The molecule has 1 atom stereocenters. The second-order valence-corrected chi connectivity index (χ2v) is 5.89. The number of aromatic nitrogens is 2. The molecule has 0 aliphatic carbocycles. The quantitative estimate of drug-likeness (QED) is 0.790. The van der Waals surface area contributed by atoms with Crippen molar-refractivity contribution in [2.24, 2.45) is 0 Å². The predicted octanol–water partition coefficient (Wildman–Crippen LogP) is 2.75. The van der Waals surface area contributed by atoms with Gasteiger partial charge in [0.2, 0.25) is 5.95 Å². The number of anilines is 2. The molecule has 0 spiro atoms. The van der Waals surface area contributed by atoms with Crippen LogP contribution >= 0.6 is 0 Å². The fourth-order valence-electron chi connectivity index (χ4n) is 2.66. The third-order valence-electron chi connectivity index (χ3n) is 3.89. The number of halogens is 1. The zero-order valence-electron chi connectivity index (χ0n) is 14.2. The minimum absolute atomic E-state index is 0.178. The Morgan fingerprint density at radius 2 is 2.15 bits per heavy atom. The average molecular weight is 360 g/mol. The maximum atomic E-state index is 13.2. The van der Waals surface area contributed by atoms with Crippen molar-refractivity contribution in [1.82, 2.24) is 9.97 Å². The number of aryl methyl sites for hydroxylation is 1. The molecular formula is C17H17FN4O4. The Balaban J connectivity index is 1.89. The topological polar surface area (TPSA) is 105 Å². The predicted molar refractivity (Wildman–Crippen MR) is 90.9 cm³/mol. The van der Waals surface area contributed by atoms with Gasteiger partial charge in [-0.05, 0) is 43.7 Å². The summed E-state index contributed by atoms with van der Waals surface area (Å²) in [7, 11) is 0. The second kappa shape index (κ2) is 6.95. The molecule has 1 fully saturated rings. The molecular weight excluding hydrogens is 343 g/mol. The third kappa shape index (κ3) is 3.56. The van der Waals surface area contributed by atoms with Crippen LogP contribution in [-0.2, 0) is 4.74 Å². The van der Waals surface area contributed by atoms with Gasteiger partial charge in [-0.2, -0.15) is 4.39 Å². The number of nitrogens with zero attached hydrogens (tertiary/aromatic N) is 3. The lowest BCUT2D eigenvalue weighted by Crippen LogP contribution is -2.25. The summed E-state index contributed by atoms with van der Waals surface area (Å²) in [6.45, 7) is 4.37. The van der Waals surface area contributed by atoms with E-state index in [9.17, 15) is 19.1 Å². The molecule has 1 amide bonds. The Kier molecular flexibility index (Phi) is 4.70. The third-order valence-corrected chi connectivity index (χ3v) is 3.89. The molecule has 8 nitrogen and oxygen atoms in total. The van der Waals surface area contributed by atoms with Crippen LogP contribution < -0.4 is 10.2 Å². The molecule has 1 saturated heterocycles. The van der Waals surface area contributed by atoms with Crippen molar-refractivity contribution in [3.8, 4) is 0 Å². The van der Waals surface area contributed by atoms with Crippen molar-refractivity contribution in [1.29, 1.82) is 0 Å². The Bertz CT molecular complexity index is 874. The fraction of sp³-hybridized carbons (Fsp3) is 0.294. The van der Waals surface area contributed by atoms with E-state index in [4.69, 9.17) is 4.74 Å². The van der Waals surface area contributed by atoms with Crippen LogP contribution in [0.4, 0.5) is 20.7 Å². The van der Waals surface area contributed by atoms with E-state index in [0.717, 1.165) is 11.6 Å². The van der Waals surface area contributed by atoms with Gasteiger partial charge in [0.05, 0.1) is 24.0 Å². The van der Waals surface area contributed by atoms with E-state index < -0.39 is 29.7 Å². The van der Waals surface area contributed by atoms with Crippen molar-refractivity contribution in [2.45, 2.75) is 19.9 Å². The molecule has 9 heteroatoms. The molecule has 0 saturated carbocycles. The fourth-order valence-corrected chi connectivity index (χ4v) is 2.66. The van der Waals surface area contributed by atoms with Gasteiger partial charge in [0.1, 0.15) is 12.4 Å². The Hall–Kier alpha value is -3.23. The molecule has 2 aromatic heterocycles. The first-order valence-electron chi connectivity index (χ1n) is 7.94. The number of nitrogens with one attached hydrogen (secondary N) is 1. The van der Waals surface area contributed by atoms with Gasteiger partial charge < -0.3 is 15.2 Å². The molecule has 3 rings (SSSR count). The number of amides is 1. The lowest BCUT2D eigenvalue weighted by atomic mass is 10.1. The molecule has 2 N–H and O–H groups in total. The Morgan fingerprint density at radius 1 is 1.38 bits per heavy atom. The number of pyridine rings is 2. The zero-order chi connectivity index (χ0) is 18.8. The summed E-state index contributed by atoms with van der Waals surface area (Å²) in [5.74, 6) is -1.74. The van der Waals surface area contributed by atoms with Gasteiger partial charge in [-0.1, -0.05) is 0 Å². The van der Waals surface area contributed by atoms with Crippen LogP contribution in [0.5, 0.6) is 0 Å². The van der Waals surface area contributed by atoms with Gasteiger partial charge in [-0.25, -0.2) is 19.6 Å². The van der Waals surface area contributed by atoms with Crippen molar-refractivity contribution in [2.75, 3.05) is 23.4 Å². The summed E-state index contributed by atoms with van der Waals surface area (Å²) in [4.78, 5) is 32.3. The molecule has 0 bridgehead atoms. The zero-order valence-corrected chi connectivity index (χ0v) is 14.2. The maximum Gasteiger partial charge on any atom is 0.415 e. The van der Waals surface area contributed by atoms with E-state index in [1.807, 2.05) is 13.0 Å². The largest absolute Gasteiger partial charge is 0.476 e. The Morgan fingerprint density at radius 3 is 2.81 bits per heavy atom. The highest BCUT2D eigenvalue weighted by Crippen LogP contribution is 2.25. The number of aromatic carboxylic acids is 1. The van der Waals surface area contributed by atoms with Gasteiger partial charge in [0.25, 0.3) is 0 Å². The summed E-state index contributed by atoms with van der Waals surface area (Å²) in [5.41, 5.74) is 1.25. The van der Waals surface area contributed by atoms with Crippen LogP contribution in [0.25, 0.3) is 0 Å². The van der Waals surface area contributed by atoms with Gasteiger partial charge in [0.15, 0.2) is 5.69 Å². The summed E-state index contributed by atoms with van der Waals surface area (Å²) in [6, 6.07) is 5.58. The molecule has 0 aromatic carbocycles. The SMILES string of the molecule is Cc1cc(C(C)Nc2ccc(F)nc2C(=O)O)nc(N2CCOC2=O)c1. The highest BCUT2D eigenvalue weighted by molar-refractivity contribution is 5.92. The van der Waals surface area contributed by atoms with Crippen molar-refractivity contribution in [3.63, 3.8) is 0 Å². The van der Waals surface area contributed by atoms with Crippen molar-refractivity contribution >= 4 is 23.6 Å². The van der Waals surface area contributed by atoms with E-state index in [1.165, 1.54) is 11.0 Å². The first-order valence-corrected chi connectivity index (χ1v) is 7.94. The van der Waals surface area contributed by atoms with E-state index in [1.54, 1.807) is 13.0 Å². The van der Waals surface area contributed by atoms with Gasteiger partial charge >= 0.3 is 12.1 Å². The smallest absolute Gasteiger partial charge is 0.415 e. The number of hydrogen-bond acceptors (Lipinski definition) is 6. The lowest BCUT2D eigenvalue weighted by molar-refractivity contribution is 0.0690. The van der Waals surface area contributed by atoms with E-state index in [2.05, 4.69) is 15.3 Å². The van der Waals surface area contributed by atoms with Crippen molar-refractivity contribution < 1.29 is 23.8 Å². The van der Waals surface area contributed by atoms with E-state index >= 15 is 0 Å². The minimum Gasteiger partial charge on any atom is -0.476 e. The number of carboxylic acid groups (broad SMARTS) is 1. The molecule has 3 heterocycles. The first-order chi connectivity index (χ1) is 12.3. The van der Waals surface area contributed by atoms with Crippen LogP contribution in [0.15, 0.2) is 24.3 Å². The molecule has 0 radical (unpaired) electrons. The highest BCUT2D eigenvalue weighted by Gasteiger charge is 2.26. The maximum absolute atomic E-state index is 13.2. The summed E-state index contributed by atoms with van der Waals surface area (Å²) in [5, 5.41) is 12.2. The van der Waals surface area contributed by atoms with Gasteiger partial charge in [-0.3, -0.25) is 4.90 Å². The van der Waals surface area contributed by atoms with E-state index in [-0.39, 0.29) is 5.69 Å². The molecule has 2 aromatic rings. The first kappa shape index (κ1) is 17.6. The monoisotopic (exact) mass is 360 g/mol. The number of carbonyl (C=O) groups is 2. The summed E-state index contributed by atoms with van der Waals surface area (Å²) >= 11 is 0. The number of hydrogen-bond donors (Lipinski definition) is 2. The van der Waals surface area contributed by atoms with Crippen LogP contribution in [-0.4, -0.2) is 40.3 Å². The van der Waals surface area contributed by atoms with Crippen molar-refractivity contribution in [3.05, 3.63) is 47.2 Å². The van der Waals surface area contributed by atoms with Crippen LogP contribution in [0.2, 0.25) is 0 Å². The summed E-state index contributed by atoms with van der Waals surface area (Å²) in [6.07, 6.45) is -0.453.